The summed E-state index contributed by atoms with van der Waals surface area (Å²) in [6.07, 6.45) is 6.05. The van der Waals surface area contributed by atoms with Gasteiger partial charge in [0, 0.05) is 43.4 Å². The van der Waals surface area contributed by atoms with Crippen LogP contribution in [0.1, 0.15) is 18.4 Å². The Kier molecular flexibility index (Phi) is 7.06. The summed E-state index contributed by atoms with van der Waals surface area (Å²) in [5.74, 6) is 0.160. The summed E-state index contributed by atoms with van der Waals surface area (Å²) in [4.78, 5) is 29.6. The van der Waals surface area contributed by atoms with Crippen molar-refractivity contribution in [2.24, 2.45) is 0 Å². The lowest BCUT2D eigenvalue weighted by atomic mass is 9.98. The van der Waals surface area contributed by atoms with E-state index in [1.165, 1.54) is 6.08 Å². The van der Waals surface area contributed by atoms with Gasteiger partial charge in [-0.05, 0) is 23.3 Å². The van der Waals surface area contributed by atoms with E-state index in [1.807, 2.05) is 43.3 Å². The zero-order valence-corrected chi connectivity index (χ0v) is 16.0. The number of carbonyl (C=O) groups is 2. The molecule has 0 radical (unpaired) electrons. The highest BCUT2D eigenvalue weighted by molar-refractivity contribution is 5.98. The number of rotatable bonds is 7. The molecule has 1 fully saturated rings. The molecule has 1 aliphatic rings. The standard InChI is InChI=1S/C22H25N3O3/c1-17(16-26)18-4-2-5-19(14-18)20-7-8-21(23-15-20)24-22(27)6-3-9-25-10-12-28-13-11-25/h2-8,14-17H,9-13H2,1H3,(H,23,24,27)/b6-3+. The van der Waals surface area contributed by atoms with E-state index in [-0.39, 0.29) is 11.8 Å². The predicted octanol–water partition coefficient (Wildman–Crippen LogP) is 2.88. The molecular weight excluding hydrogens is 354 g/mol. The van der Waals surface area contributed by atoms with Crippen molar-refractivity contribution in [3.05, 3.63) is 60.3 Å². The number of ether oxygens (including phenoxy) is 1. The highest BCUT2D eigenvalue weighted by Gasteiger charge is 2.09. The molecule has 6 nitrogen and oxygen atoms in total. The van der Waals surface area contributed by atoms with E-state index in [4.69, 9.17) is 4.74 Å². The van der Waals surface area contributed by atoms with Gasteiger partial charge in [-0.3, -0.25) is 9.69 Å². The molecular formula is C22H25N3O3. The number of benzene rings is 1. The minimum Gasteiger partial charge on any atom is -0.379 e. The fourth-order valence-electron chi connectivity index (χ4n) is 2.98. The van der Waals surface area contributed by atoms with Gasteiger partial charge in [0.05, 0.1) is 13.2 Å². The maximum atomic E-state index is 12.0. The largest absolute Gasteiger partial charge is 0.379 e. The molecule has 1 amide bonds. The van der Waals surface area contributed by atoms with Gasteiger partial charge in [0.15, 0.2) is 0 Å². The third-order valence-electron chi connectivity index (χ3n) is 4.70. The second kappa shape index (κ2) is 9.92. The number of aromatic nitrogens is 1. The molecule has 1 N–H and O–H groups in total. The van der Waals surface area contributed by atoms with Crippen LogP contribution in [0.4, 0.5) is 5.82 Å². The van der Waals surface area contributed by atoms with Crippen molar-refractivity contribution in [1.82, 2.24) is 9.88 Å². The van der Waals surface area contributed by atoms with Crippen LogP contribution >= 0.6 is 0 Å². The van der Waals surface area contributed by atoms with E-state index in [0.717, 1.165) is 55.8 Å². The van der Waals surface area contributed by atoms with E-state index in [0.29, 0.717) is 5.82 Å². The average molecular weight is 379 g/mol. The number of amides is 1. The topological polar surface area (TPSA) is 71.5 Å². The molecule has 3 rings (SSSR count). The van der Waals surface area contributed by atoms with Gasteiger partial charge in [0.25, 0.3) is 0 Å². The number of nitrogens with zero attached hydrogens (tertiary/aromatic N) is 2. The van der Waals surface area contributed by atoms with Crippen LogP contribution in [0, 0.1) is 0 Å². The molecule has 0 spiro atoms. The normalized spacial score (nSPS) is 16.0. The lowest BCUT2D eigenvalue weighted by Crippen LogP contribution is -2.36. The molecule has 0 aliphatic carbocycles. The zero-order valence-electron chi connectivity index (χ0n) is 16.0. The fraction of sp³-hybridized carbons (Fsp3) is 0.318. The van der Waals surface area contributed by atoms with Gasteiger partial charge >= 0.3 is 0 Å². The van der Waals surface area contributed by atoms with E-state index >= 15 is 0 Å². The molecule has 1 aromatic heterocycles. The van der Waals surface area contributed by atoms with Crippen molar-refractivity contribution >= 4 is 18.0 Å². The summed E-state index contributed by atoms with van der Waals surface area (Å²) in [5, 5.41) is 2.77. The van der Waals surface area contributed by atoms with E-state index in [2.05, 4.69) is 15.2 Å². The molecule has 6 heteroatoms. The van der Waals surface area contributed by atoms with Crippen LogP contribution in [0.25, 0.3) is 11.1 Å². The second-order valence-corrected chi connectivity index (χ2v) is 6.79. The summed E-state index contributed by atoms with van der Waals surface area (Å²) < 4.78 is 5.30. The molecule has 0 bridgehead atoms. The number of carbonyl (C=O) groups excluding carboxylic acids is 2. The van der Waals surface area contributed by atoms with E-state index in [9.17, 15) is 9.59 Å². The molecule has 28 heavy (non-hydrogen) atoms. The predicted molar refractivity (Wildman–Crippen MR) is 109 cm³/mol. The molecule has 2 aromatic rings. The molecule has 2 heterocycles. The lowest BCUT2D eigenvalue weighted by molar-refractivity contribution is -0.112. The van der Waals surface area contributed by atoms with Crippen molar-refractivity contribution < 1.29 is 14.3 Å². The van der Waals surface area contributed by atoms with Gasteiger partial charge < -0.3 is 14.8 Å². The molecule has 1 saturated heterocycles. The lowest BCUT2D eigenvalue weighted by Gasteiger charge is -2.24. The van der Waals surface area contributed by atoms with Crippen LogP contribution in [0.5, 0.6) is 0 Å². The molecule has 1 unspecified atom stereocenters. The first-order valence-corrected chi connectivity index (χ1v) is 9.45. The number of aldehydes is 1. The van der Waals surface area contributed by atoms with Gasteiger partial charge in [-0.2, -0.15) is 0 Å². The Labute approximate surface area is 165 Å². The molecule has 1 atom stereocenters. The number of nitrogens with one attached hydrogen (secondary N) is 1. The third-order valence-corrected chi connectivity index (χ3v) is 4.70. The van der Waals surface area contributed by atoms with Crippen LogP contribution in [0.15, 0.2) is 54.7 Å². The number of hydrogen-bond donors (Lipinski definition) is 1. The molecule has 1 aliphatic heterocycles. The van der Waals surface area contributed by atoms with Crippen molar-refractivity contribution in [1.29, 1.82) is 0 Å². The Hall–Kier alpha value is -2.83. The molecule has 0 saturated carbocycles. The van der Waals surface area contributed by atoms with Crippen molar-refractivity contribution in [3.8, 4) is 11.1 Å². The average Bonchev–Trinajstić information content (AvgIpc) is 2.74. The fourth-order valence-corrected chi connectivity index (χ4v) is 2.98. The van der Waals surface area contributed by atoms with Gasteiger partial charge in [-0.15, -0.1) is 0 Å². The smallest absolute Gasteiger partial charge is 0.249 e. The zero-order chi connectivity index (χ0) is 19.8. The quantitative estimate of drug-likeness (QED) is 0.592. The summed E-state index contributed by atoms with van der Waals surface area (Å²) in [5.41, 5.74) is 2.89. The summed E-state index contributed by atoms with van der Waals surface area (Å²) in [6, 6.07) is 11.5. The highest BCUT2D eigenvalue weighted by atomic mass is 16.5. The maximum absolute atomic E-state index is 12.0. The maximum Gasteiger partial charge on any atom is 0.249 e. The third kappa shape index (κ3) is 5.58. The molecule has 146 valence electrons. The van der Waals surface area contributed by atoms with Crippen LogP contribution in [0.2, 0.25) is 0 Å². The number of pyridine rings is 1. The van der Waals surface area contributed by atoms with Crippen LogP contribution < -0.4 is 5.32 Å². The summed E-state index contributed by atoms with van der Waals surface area (Å²) in [6.45, 7) is 5.87. The van der Waals surface area contributed by atoms with Crippen LogP contribution in [-0.2, 0) is 14.3 Å². The Bertz CT molecular complexity index is 827. The second-order valence-electron chi connectivity index (χ2n) is 6.79. The van der Waals surface area contributed by atoms with Crippen molar-refractivity contribution in [3.63, 3.8) is 0 Å². The Morgan fingerprint density at radius 2 is 2.07 bits per heavy atom. The minimum atomic E-state index is -0.199. The first kappa shape index (κ1) is 19.9. The number of hydrogen-bond acceptors (Lipinski definition) is 5. The van der Waals surface area contributed by atoms with Gasteiger partial charge in [-0.1, -0.05) is 37.3 Å². The van der Waals surface area contributed by atoms with E-state index in [1.54, 1.807) is 12.3 Å². The van der Waals surface area contributed by atoms with Crippen molar-refractivity contribution in [2.45, 2.75) is 12.8 Å². The number of morpholine rings is 1. The highest BCUT2D eigenvalue weighted by Crippen LogP contribution is 2.23. The summed E-state index contributed by atoms with van der Waals surface area (Å²) in [7, 11) is 0. The van der Waals surface area contributed by atoms with Gasteiger partial charge in [-0.25, -0.2) is 4.98 Å². The monoisotopic (exact) mass is 379 g/mol. The van der Waals surface area contributed by atoms with Crippen LogP contribution in [0.3, 0.4) is 0 Å². The minimum absolute atomic E-state index is 0.143. The van der Waals surface area contributed by atoms with E-state index < -0.39 is 0 Å². The Morgan fingerprint density at radius 1 is 1.25 bits per heavy atom. The first-order valence-electron chi connectivity index (χ1n) is 9.45. The first-order chi connectivity index (χ1) is 13.7. The Morgan fingerprint density at radius 3 is 2.79 bits per heavy atom. The molecule has 1 aromatic carbocycles. The van der Waals surface area contributed by atoms with Gasteiger partial charge in [0.1, 0.15) is 12.1 Å². The SMILES string of the molecule is CC(C=O)c1cccc(-c2ccc(NC(=O)/C=C/CN3CCOCC3)nc2)c1. The number of anilines is 1. The van der Waals surface area contributed by atoms with Crippen molar-refractivity contribution in [2.75, 3.05) is 38.2 Å². The Balaban J connectivity index is 1.56. The van der Waals surface area contributed by atoms with Gasteiger partial charge in [0.2, 0.25) is 5.91 Å². The summed E-state index contributed by atoms with van der Waals surface area (Å²) >= 11 is 0. The van der Waals surface area contributed by atoms with Crippen LogP contribution in [-0.4, -0.2) is 54.9 Å².